The minimum atomic E-state index is -3.96. The number of hydrogen-bond donors (Lipinski definition) is 1. The Labute approximate surface area is 154 Å². The molecule has 0 unspecified atom stereocenters. The van der Waals surface area contributed by atoms with Crippen LogP contribution in [0.3, 0.4) is 0 Å². The highest BCUT2D eigenvalue weighted by atomic mass is 35.5. The van der Waals surface area contributed by atoms with Gasteiger partial charge in [-0.05, 0) is 31.2 Å². The van der Waals surface area contributed by atoms with Crippen molar-refractivity contribution in [3.8, 4) is 5.69 Å². The number of nitro groups is 1. The van der Waals surface area contributed by atoms with Gasteiger partial charge in [0.25, 0.3) is 15.7 Å². The lowest BCUT2D eigenvalue weighted by molar-refractivity contribution is -0.384. The van der Waals surface area contributed by atoms with E-state index < -0.39 is 14.9 Å². The van der Waals surface area contributed by atoms with Crippen molar-refractivity contribution in [2.45, 2.75) is 11.8 Å². The Morgan fingerprint density at radius 1 is 1.19 bits per heavy atom. The molecule has 0 spiro atoms. The highest BCUT2D eigenvalue weighted by Crippen LogP contribution is 2.31. The van der Waals surface area contributed by atoms with Gasteiger partial charge in [0.2, 0.25) is 0 Å². The van der Waals surface area contributed by atoms with Crippen molar-refractivity contribution in [1.82, 2.24) is 9.55 Å². The molecule has 8 nitrogen and oxygen atoms in total. The zero-order valence-electron chi connectivity index (χ0n) is 13.5. The molecule has 0 fully saturated rings. The second kappa shape index (κ2) is 6.77. The van der Waals surface area contributed by atoms with Gasteiger partial charge in [-0.15, -0.1) is 0 Å². The van der Waals surface area contributed by atoms with Crippen LogP contribution < -0.4 is 4.72 Å². The van der Waals surface area contributed by atoms with Crippen LogP contribution in [0.1, 0.15) is 5.82 Å². The summed E-state index contributed by atoms with van der Waals surface area (Å²) >= 11 is 6.26. The van der Waals surface area contributed by atoms with Gasteiger partial charge in [0.15, 0.2) is 0 Å². The van der Waals surface area contributed by atoms with Crippen molar-refractivity contribution in [3.05, 3.63) is 75.8 Å². The molecule has 0 saturated heterocycles. The number of aromatic nitrogens is 2. The molecule has 3 rings (SSSR count). The molecule has 2 aromatic carbocycles. The van der Waals surface area contributed by atoms with Gasteiger partial charge in [-0.3, -0.25) is 14.8 Å². The summed E-state index contributed by atoms with van der Waals surface area (Å²) in [5.41, 5.74) is 0.507. The number of hydrogen-bond acceptors (Lipinski definition) is 5. The van der Waals surface area contributed by atoms with Crippen molar-refractivity contribution in [3.63, 3.8) is 0 Å². The molecule has 0 aliphatic carbocycles. The van der Waals surface area contributed by atoms with E-state index in [1.54, 1.807) is 42.1 Å². The maximum Gasteiger partial charge on any atom is 0.269 e. The quantitative estimate of drug-likeness (QED) is 0.527. The Kier molecular flexibility index (Phi) is 4.66. The average Bonchev–Trinajstić information content (AvgIpc) is 3.00. The minimum absolute atomic E-state index is 0.101. The van der Waals surface area contributed by atoms with E-state index >= 15 is 0 Å². The number of anilines is 1. The molecule has 0 aliphatic rings. The van der Waals surface area contributed by atoms with Gasteiger partial charge in [-0.25, -0.2) is 13.4 Å². The molecular weight excluding hydrogens is 380 g/mol. The molecule has 10 heteroatoms. The van der Waals surface area contributed by atoms with Gasteiger partial charge in [-0.1, -0.05) is 17.7 Å². The van der Waals surface area contributed by atoms with Crippen LogP contribution in [-0.2, 0) is 10.0 Å². The van der Waals surface area contributed by atoms with E-state index in [2.05, 4.69) is 9.71 Å². The van der Waals surface area contributed by atoms with Crippen molar-refractivity contribution in [1.29, 1.82) is 0 Å². The fourth-order valence-corrected chi connectivity index (χ4v) is 3.74. The standard InChI is InChI=1S/C16H13ClN4O4S/c1-11-18-9-10-20(11)16-14(17)3-2-4-15(16)19-26(24,25)13-7-5-12(6-8-13)21(22)23/h2-10,19H,1H3. The third kappa shape index (κ3) is 3.39. The summed E-state index contributed by atoms with van der Waals surface area (Å²) < 4.78 is 29.4. The van der Waals surface area contributed by atoms with E-state index in [0.717, 1.165) is 12.1 Å². The van der Waals surface area contributed by atoms with Crippen LogP contribution in [0, 0.1) is 17.0 Å². The molecule has 0 radical (unpaired) electrons. The van der Waals surface area contributed by atoms with Crippen LogP contribution in [0.2, 0.25) is 5.02 Å². The smallest absolute Gasteiger partial charge is 0.269 e. The molecule has 1 N–H and O–H groups in total. The van der Waals surface area contributed by atoms with Crippen LogP contribution in [0.25, 0.3) is 5.69 Å². The topological polar surface area (TPSA) is 107 Å². The number of para-hydroxylation sites is 1. The molecule has 0 atom stereocenters. The molecular formula is C16H13ClN4O4S. The Hall–Kier alpha value is -2.91. The summed E-state index contributed by atoms with van der Waals surface area (Å²) in [6.45, 7) is 1.76. The third-order valence-electron chi connectivity index (χ3n) is 3.66. The number of aryl methyl sites for hydroxylation is 1. The van der Waals surface area contributed by atoms with Crippen LogP contribution in [0.15, 0.2) is 59.8 Å². The van der Waals surface area contributed by atoms with Gasteiger partial charge in [0.1, 0.15) is 5.82 Å². The number of sulfonamides is 1. The lowest BCUT2D eigenvalue weighted by Crippen LogP contribution is -2.15. The third-order valence-corrected chi connectivity index (χ3v) is 5.34. The SMILES string of the molecule is Cc1nccn1-c1c(Cl)cccc1NS(=O)(=O)c1ccc([N+](=O)[O-])cc1. The van der Waals surface area contributed by atoms with Crippen LogP contribution in [0.4, 0.5) is 11.4 Å². The van der Waals surface area contributed by atoms with Crippen LogP contribution in [0.5, 0.6) is 0 Å². The van der Waals surface area contributed by atoms with Gasteiger partial charge in [0.05, 0.1) is 26.2 Å². The monoisotopic (exact) mass is 392 g/mol. The molecule has 0 aliphatic heterocycles. The van der Waals surface area contributed by atoms with Crippen molar-refractivity contribution < 1.29 is 13.3 Å². The van der Waals surface area contributed by atoms with E-state index in [1.807, 2.05) is 0 Å². The predicted molar refractivity (Wildman–Crippen MR) is 97.2 cm³/mol. The van der Waals surface area contributed by atoms with Crippen molar-refractivity contribution >= 4 is 33.0 Å². The summed E-state index contributed by atoms with van der Waals surface area (Å²) in [5.74, 6) is 0.633. The lowest BCUT2D eigenvalue weighted by Gasteiger charge is -2.15. The molecule has 1 aromatic heterocycles. The summed E-state index contributed by atoms with van der Waals surface area (Å²) in [7, 11) is -3.96. The molecule has 26 heavy (non-hydrogen) atoms. The Morgan fingerprint density at radius 2 is 1.88 bits per heavy atom. The largest absolute Gasteiger partial charge is 0.300 e. The van der Waals surface area contributed by atoms with E-state index in [-0.39, 0.29) is 16.3 Å². The van der Waals surface area contributed by atoms with E-state index in [4.69, 9.17) is 11.6 Å². The number of benzene rings is 2. The van der Waals surface area contributed by atoms with Gasteiger partial charge < -0.3 is 4.57 Å². The summed E-state index contributed by atoms with van der Waals surface area (Å²) in [6.07, 6.45) is 3.24. The number of halogens is 1. The first-order valence-electron chi connectivity index (χ1n) is 7.36. The normalized spacial score (nSPS) is 11.3. The van der Waals surface area contributed by atoms with Crippen molar-refractivity contribution in [2.24, 2.45) is 0 Å². The van der Waals surface area contributed by atoms with E-state index in [0.29, 0.717) is 16.5 Å². The zero-order chi connectivity index (χ0) is 18.9. The second-order valence-corrected chi connectivity index (χ2v) is 7.43. The maximum atomic E-state index is 12.7. The summed E-state index contributed by atoms with van der Waals surface area (Å²) in [4.78, 5) is 14.1. The van der Waals surface area contributed by atoms with Gasteiger partial charge in [-0.2, -0.15) is 0 Å². The molecule has 0 bridgehead atoms. The fourth-order valence-electron chi connectivity index (χ4n) is 2.41. The van der Waals surface area contributed by atoms with Crippen molar-refractivity contribution in [2.75, 3.05) is 4.72 Å². The Balaban J connectivity index is 2.02. The van der Waals surface area contributed by atoms with Gasteiger partial charge in [0, 0.05) is 24.5 Å². The predicted octanol–water partition coefficient (Wildman–Crippen LogP) is 3.54. The van der Waals surface area contributed by atoms with E-state index in [9.17, 15) is 18.5 Å². The van der Waals surface area contributed by atoms with Gasteiger partial charge >= 0.3 is 0 Å². The number of non-ortho nitro benzene ring substituents is 1. The number of imidazole rings is 1. The highest BCUT2D eigenvalue weighted by molar-refractivity contribution is 7.92. The molecule has 0 saturated carbocycles. The zero-order valence-corrected chi connectivity index (χ0v) is 15.0. The molecule has 134 valence electrons. The lowest BCUT2D eigenvalue weighted by atomic mass is 10.2. The first-order chi connectivity index (χ1) is 12.3. The van der Waals surface area contributed by atoms with Crippen LogP contribution in [-0.4, -0.2) is 22.9 Å². The first-order valence-corrected chi connectivity index (χ1v) is 9.22. The first kappa shape index (κ1) is 17.9. The Bertz CT molecular complexity index is 1080. The molecule has 1 heterocycles. The number of rotatable bonds is 5. The van der Waals surface area contributed by atoms with E-state index in [1.165, 1.54) is 12.1 Å². The summed E-state index contributed by atoms with van der Waals surface area (Å²) in [5, 5.41) is 11.1. The summed E-state index contributed by atoms with van der Waals surface area (Å²) in [6, 6.07) is 9.44. The highest BCUT2D eigenvalue weighted by Gasteiger charge is 2.20. The average molecular weight is 393 g/mol. The maximum absolute atomic E-state index is 12.7. The number of nitrogens with zero attached hydrogens (tertiary/aromatic N) is 3. The molecule has 3 aromatic rings. The number of nitrogens with one attached hydrogen (secondary N) is 1. The molecule has 0 amide bonds. The minimum Gasteiger partial charge on any atom is -0.300 e. The van der Waals surface area contributed by atoms with Crippen LogP contribution >= 0.6 is 11.6 Å². The fraction of sp³-hybridized carbons (Fsp3) is 0.0625. The second-order valence-electron chi connectivity index (χ2n) is 5.34. The Morgan fingerprint density at radius 3 is 2.46 bits per heavy atom. The number of nitro benzene ring substituents is 1.